The van der Waals surface area contributed by atoms with Crippen LogP contribution < -0.4 is 10.6 Å². The average molecular weight is 462 g/mol. The van der Waals surface area contributed by atoms with E-state index >= 15 is 0 Å². The lowest BCUT2D eigenvalue weighted by molar-refractivity contribution is -0.116. The van der Waals surface area contributed by atoms with Crippen LogP contribution in [0.3, 0.4) is 0 Å². The van der Waals surface area contributed by atoms with Crippen molar-refractivity contribution in [2.75, 3.05) is 10.6 Å². The number of thioether (sulfide) groups is 1. The van der Waals surface area contributed by atoms with Gasteiger partial charge in [-0.2, -0.15) is 0 Å². The van der Waals surface area contributed by atoms with Crippen LogP contribution in [0.15, 0.2) is 83.8 Å². The van der Waals surface area contributed by atoms with E-state index in [0.717, 1.165) is 26.4 Å². The van der Waals surface area contributed by atoms with Gasteiger partial charge < -0.3 is 10.6 Å². The van der Waals surface area contributed by atoms with Crippen LogP contribution in [0.1, 0.15) is 18.9 Å². The van der Waals surface area contributed by atoms with Crippen LogP contribution in [0.5, 0.6) is 0 Å². The number of anilines is 2. The highest BCUT2D eigenvalue weighted by Gasteiger charge is 2.20. The number of aromatic nitrogens is 1. The van der Waals surface area contributed by atoms with Crippen molar-refractivity contribution in [1.82, 2.24) is 4.98 Å². The lowest BCUT2D eigenvalue weighted by Crippen LogP contribution is -2.24. The number of para-hydroxylation sites is 1. The zero-order chi connectivity index (χ0) is 22.3. The molecule has 0 fully saturated rings. The molecule has 0 aliphatic heterocycles. The third-order valence-corrected chi connectivity index (χ3v) is 7.10. The van der Waals surface area contributed by atoms with Crippen LogP contribution in [-0.4, -0.2) is 22.0 Å². The van der Waals surface area contributed by atoms with Crippen molar-refractivity contribution in [1.29, 1.82) is 0 Å². The Kier molecular flexibility index (Phi) is 7.19. The molecule has 1 aromatic heterocycles. The Morgan fingerprint density at radius 2 is 1.75 bits per heavy atom. The predicted molar refractivity (Wildman–Crippen MR) is 133 cm³/mol. The Labute approximate surface area is 195 Å². The van der Waals surface area contributed by atoms with Gasteiger partial charge >= 0.3 is 0 Å². The molecule has 162 valence electrons. The molecule has 0 radical (unpaired) electrons. The van der Waals surface area contributed by atoms with Crippen molar-refractivity contribution in [2.45, 2.75) is 29.9 Å². The molecule has 4 rings (SSSR count). The molecule has 0 bridgehead atoms. The van der Waals surface area contributed by atoms with Gasteiger partial charge in [-0.1, -0.05) is 66.8 Å². The first kappa shape index (κ1) is 22.0. The number of nitrogens with one attached hydrogen (secondary N) is 2. The minimum Gasteiger partial charge on any atom is -0.326 e. The third kappa shape index (κ3) is 5.75. The second kappa shape index (κ2) is 10.4. The molecular formula is C25H23N3O2S2. The number of hydrogen-bond donors (Lipinski definition) is 2. The SMILES string of the molecule is CCC(Sc1cccc(NC(=O)Cc2ccccc2)c1)C(=O)Nc1nc2ccccc2s1. The Morgan fingerprint density at radius 1 is 0.969 bits per heavy atom. The van der Waals surface area contributed by atoms with Crippen molar-refractivity contribution in [3.05, 3.63) is 84.4 Å². The van der Waals surface area contributed by atoms with Gasteiger partial charge in [-0.3, -0.25) is 9.59 Å². The number of hydrogen-bond acceptors (Lipinski definition) is 5. The van der Waals surface area contributed by atoms with Crippen LogP contribution in [0.25, 0.3) is 10.2 Å². The highest BCUT2D eigenvalue weighted by Crippen LogP contribution is 2.30. The molecule has 4 aromatic rings. The van der Waals surface area contributed by atoms with Gasteiger partial charge in [-0.05, 0) is 42.3 Å². The van der Waals surface area contributed by atoms with Crippen molar-refractivity contribution in [2.24, 2.45) is 0 Å². The van der Waals surface area contributed by atoms with Crippen molar-refractivity contribution < 1.29 is 9.59 Å². The van der Waals surface area contributed by atoms with Crippen LogP contribution in [0.4, 0.5) is 10.8 Å². The Hall–Kier alpha value is -3.16. The van der Waals surface area contributed by atoms with Gasteiger partial charge in [0.2, 0.25) is 11.8 Å². The average Bonchev–Trinajstić information content (AvgIpc) is 3.20. The van der Waals surface area contributed by atoms with Gasteiger partial charge in [0, 0.05) is 10.6 Å². The highest BCUT2D eigenvalue weighted by molar-refractivity contribution is 8.00. The number of carbonyl (C=O) groups is 2. The number of fused-ring (bicyclic) bond motifs is 1. The molecule has 1 unspecified atom stereocenters. The molecular weight excluding hydrogens is 438 g/mol. The highest BCUT2D eigenvalue weighted by atomic mass is 32.2. The number of amides is 2. The summed E-state index contributed by atoms with van der Waals surface area (Å²) in [5, 5.41) is 6.24. The summed E-state index contributed by atoms with van der Waals surface area (Å²) >= 11 is 2.95. The van der Waals surface area contributed by atoms with Gasteiger partial charge in [0.1, 0.15) is 0 Å². The summed E-state index contributed by atoms with van der Waals surface area (Å²) in [4.78, 5) is 30.6. The van der Waals surface area contributed by atoms with Gasteiger partial charge in [0.05, 0.1) is 21.9 Å². The van der Waals surface area contributed by atoms with E-state index in [1.807, 2.05) is 85.8 Å². The zero-order valence-electron chi connectivity index (χ0n) is 17.6. The smallest absolute Gasteiger partial charge is 0.239 e. The van der Waals surface area contributed by atoms with Crippen LogP contribution in [0.2, 0.25) is 0 Å². The molecule has 5 nitrogen and oxygen atoms in total. The first-order valence-electron chi connectivity index (χ1n) is 10.4. The molecule has 0 aliphatic rings. The van der Waals surface area contributed by atoms with E-state index in [4.69, 9.17) is 0 Å². The lowest BCUT2D eigenvalue weighted by atomic mass is 10.1. The molecule has 0 saturated carbocycles. The second-order valence-electron chi connectivity index (χ2n) is 7.23. The zero-order valence-corrected chi connectivity index (χ0v) is 19.2. The minimum absolute atomic E-state index is 0.0704. The van der Waals surface area contributed by atoms with Crippen LogP contribution in [-0.2, 0) is 16.0 Å². The molecule has 7 heteroatoms. The minimum atomic E-state index is -0.266. The standard InChI is InChI=1S/C25H23N3O2S2/c1-2-21(24(30)28-25-27-20-13-6-7-14-22(20)32-25)31-19-12-8-11-18(16-19)26-23(29)15-17-9-4-3-5-10-17/h3-14,16,21H,2,15H2,1H3,(H,26,29)(H,27,28,30). The number of nitrogens with zero attached hydrogens (tertiary/aromatic N) is 1. The van der Waals surface area contributed by atoms with Crippen molar-refractivity contribution in [3.8, 4) is 0 Å². The summed E-state index contributed by atoms with van der Waals surface area (Å²) in [5.41, 5.74) is 2.57. The maximum Gasteiger partial charge on any atom is 0.239 e. The molecule has 3 aromatic carbocycles. The van der Waals surface area contributed by atoms with Gasteiger partial charge in [-0.25, -0.2) is 4.98 Å². The molecule has 0 saturated heterocycles. The summed E-state index contributed by atoms with van der Waals surface area (Å²) in [7, 11) is 0. The normalized spacial score (nSPS) is 11.8. The van der Waals surface area contributed by atoms with Crippen LogP contribution >= 0.6 is 23.1 Å². The van der Waals surface area contributed by atoms with E-state index in [0.29, 0.717) is 18.0 Å². The fourth-order valence-electron chi connectivity index (χ4n) is 3.23. The molecule has 1 atom stereocenters. The summed E-state index contributed by atoms with van der Waals surface area (Å²) < 4.78 is 1.04. The van der Waals surface area contributed by atoms with E-state index in [9.17, 15) is 9.59 Å². The van der Waals surface area contributed by atoms with E-state index in [1.54, 1.807) is 0 Å². The molecule has 0 spiro atoms. The fraction of sp³-hybridized carbons (Fsp3) is 0.160. The van der Waals surface area contributed by atoms with E-state index < -0.39 is 0 Å². The quantitative estimate of drug-likeness (QED) is 0.316. The summed E-state index contributed by atoms with van der Waals surface area (Å²) in [6, 6.07) is 25.1. The molecule has 2 amide bonds. The van der Waals surface area contributed by atoms with Crippen molar-refractivity contribution in [3.63, 3.8) is 0 Å². The maximum absolute atomic E-state index is 12.9. The van der Waals surface area contributed by atoms with Gasteiger partial charge in [0.25, 0.3) is 0 Å². The molecule has 2 N–H and O–H groups in total. The number of carbonyl (C=O) groups excluding carboxylic acids is 2. The molecule has 1 heterocycles. The number of rotatable bonds is 8. The second-order valence-corrected chi connectivity index (χ2v) is 9.54. The van der Waals surface area contributed by atoms with E-state index in [2.05, 4.69) is 15.6 Å². The van der Waals surface area contributed by atoms with Crippen molar-refractivity contribution >= 4 is 55.9 Å². The first-order chi connectivity index (χ1) is 15.6. The fourth-order valence-corrected chi connectivity index (χ4v) is 5.11. The third-order valence-electron chi connectivity index (χ3n) is 4.79. The summed E-state index contributed by atoms with van der Waals surface area (Å²) in [6.45, 7) is 1.99. The Balaban J connectivity index is 1.38. The molecule has 0 aliphatic carbocycles. The lowest BCUT2D eigenvalue weighted by Gasteiger charge is -2.14. The first-order valence-corrected chi connectivity index (χ1v) is 12.1. The largest absolute Gasteiger partial charge is 0.326 e. The topological polar surface area (TPSA) is 71.1 Å². The summed E-state index contributed by atoms with van der Waals surface area (Å²) in [6.07, 6.45) is 0.992. The Morgan fingerprint density at radius 3 is 2.53 bits per heavy atom. The van der Waals surface area contributed by atoms with Gasteiger partial charge in [0.15, 0.2) is 5.13 Å². The monoisotopic (exact) mass is 461 g/mol. The Bertz CT molecular complexity index is 1190. The number of thiazole rings is 1. The predicted octanol–water partition coefficient (Wildman–Crippen LogP) is 5.99. The molecule has 32 heavy (non-hydrogen) atoms. The van der Waals surface area contributed by atoms with Crippen LogP contribution in [0, 0.1) is 0 Å². The van der Waals surface area contributed by atoms with E-state index in [1.165, 1.54) is 23.1 Å². The number of benzene rings is 3. The maximum atomic E-state index is 12.9. The van der Waals surface area contributed by atoms with E-state index in [-0.39, 0.29) is 17.1 Å². The summed E-state index contributed by atoms with van der Waals surface area (Å²) in [5.74, 6) is -0.144. The van der Waals surface area contributed by atoms with Gasteiger partial charge in [-0.15, -0.1) is 11.8 Å².